The highest BCUT2D eigenvalue weighted by molar-refractivity contribution is 8.13. The Balaban J connectivity index is 1.59. The second-order valence-electron chi connectivity index (χ2n) is 4.98. The van der Waals surface area contributed by atoms with Crippen molar-refractivity contribution in [3.05, 3.63) is 18.2 Å². The molecule has 8 heteroatoms. The average Bonchev–Trinajstić information content (AvgIpc) is 3.10. The van der Waals surface area contributed by atoms with E-state index in [1.54, 1.807) is 4.90 Å². The third-order valence-electron chi connectivity index (χ3n) is 3.37. The number of amides is 2. The van der Waals surface area contributed by atoms with E-state index in [0.717, 1.165) is 28.3 Å². The molecule has 1 saturated heterocycles. The number of anilines is 1. The van der Waals surface area contributed by atoms with Crippen LogP contribution in [0.4, 0.5) is 9.93 Å². The van der Waals surface area contributed by atoms with E-state index in [1.165, 1.54) is 23.1 Å². The first kappa shape index (κ1) is 16.1. The van der Waals surface area contributed by atoms with Gasteiger partial charge in [0.25, 0.3) is 5.24 Å². The van der Waals surface area contributed by atoms with E-state index in [4.69, 9.17) is 4.74 Å². The van der Waals surface area contributed by atoms with Crippen molar-refractivity contribution in [1.29, 1.82) is 0 Å². The molecule has 1 aliphatic rings. The minimum atomic E-state index is -0.126. The van der Waals surface area contributed by atoms with Crippen LogP contribution in [0.25, 0.3) is 10.2 Å². The summed E-state index contributed by atoms with van der Waals surface area (Å²) in [6.07, 6.45) is 0.284. The van der Waals surface area contributed by atoms with Crippen LogP contribution in [0.5, 0.6) is 5.75 Å². The van der Waals surface area contributed by atoms with Gasteiger partial charge in [-0.25, -0.2) is 4.98 Å². The molecule has 0 unspecified atom stereocenters. The van der Waals surface area contributed by atoms with Crippen LogP contribution in [0.3, 0.4) is 0 Å². The summed E-state index contributed by atoms with van der Waals surface area (Å²) in [5, 5.41) is 3.43. The molecule has 1 aromatic carbocycles. The van der Waals surface area contributed by atoms with Gasteiger partial charge < -0.3 is 15.0 Å². The number of thioether (sulfide) groups is 1. The summed E-state index contributed by atoms with van der Waals surface area (Å²) in [5.41, 5.74) is 0.833. The molecule has 2 heterocycles. The number of ether oxygens (including phenoxy) is 1. The van der Waals surface area contributed by atoms with Gasteiger partial charge in [0.05, 0.1) is 16.8 Å². The number of hydrogen-bond donors (Lipinski definition) is 1. The Hall–Kier alpha value is -1.80. The van der Waals surface area contributed by atoms with Gasteiger partial charge in [0.2, 0.25) is 5.91 Å². The average molecular weight is 351 g/mol. The van der Waals surface area contributed by atoms with Gasteiger partial charge in [-0.2, -0.15) is 0 Å². The number of hydrogen-bond acceptors (Lipinski definition) is 6. The lowest BCUT2D eigenvalue weighted by Crippen LogP contribution is -2.27. The molecule has 2 aromatic rings. The van der Waals surface area contributed by atoms with Crippen LogP contribution in [0, 0.1) is 0 Å². The van der Waals surface area contributed by atoms with Crippen LogP contribution in [0.1, 0.15) is 13.3 Å². The number of carbonyl (C=O) groups excluding carboxylic acids is 2. The Morgan fingerprint density at radius 3 is 3.09 bits per heavy atom. The zero-order valence-corrected chi connectivity index (χ0v) is 14.3. The lowest BCUT2D eigenvalue weighted by atomic mass is 10.3. The highest BCUT2D eigenvalue weighted by Gasteiger charge is 2.21. The topological polar surface area (TPSA) is 71.5 Å². The maximum absolute atomic E-state index is 12.0. The van der Waals surface area contributed by atoms with Crippen molar-refractivity contribution in [3.63, 3.8) is 0 Å². The minimum Gasteiger partial charge on any atom is -0.494 e. The van der Waals surface area contributed by atoms with Gasteiger partial charge in [-0.05, 0) is 25.1 Å². The van der Waals surface area contributed by atoms with E-state index in [0.29, 0.717) is 18.3 Å². The number of nitrogens with zero attached hydrogens (tertiary/aromatic N) is 2. The highest BCUT2D eigenvalue weighted by Crippen LogP contribution is 2.29. The van der Waals surface area contributed by atoms with Crippen LogP contribution in [-0.2, 0) is 4.79 Å². The SMILES string of the molecule is CCOc1ccc2nc(NC(=O)CCN3CCSC3=O)sc2c1. The van der Waals surface area contributed by atoms with Gasteiger partial charge in [0.15, 0.2) is 5.13 Å². The summed E-state index contributed by atoms with van der Waals surface area (Å²) in [6, 6.07) is 5.67. The lowest BCUT2D eigenvalue weighted by molar-refractivity contribution is -0.116. The third kappa shape index (κ3) is 3.94. The molecule has 0 spiro atoms. The molecule has 1 N–H and O–H groups in total. The Labute approximate surface area is 142 Å². The van der Waals surface area contributed by atoms with Crippen molar-refractivity contribution in [2.75, 3.05) is 30.8 Å². The van der Waals surface area contributed by atoms with Crippen LogP contribution in [-0.4, -0.2) is 46.5 Å². The van der Waals surface area contributed by atoms with Crippen molar-refractivity contribution in [3.8, 4) is 5.75 Å². The van der Waals surface area contributed by atoms with Crippen molar-refractivity contribution >= 4 is 49.6 Å². The number of aromatic nitrogens is 1. The fraction of sp³-hybridized carbons (Fsp3) is 0.400. The highest BCUT2D eigenvalue weighted by atomic mass is 32.2. The molecule has 2 amide bonds. The first-order valence-corrected chi connectivity index (χ1v) is 9.21. The second kappa shape index (κ2) is 7.18. The Kier molecular flexibility index (Phi) is 5.02. The Morgan fingerprint density at radius 2 is 2.35 bits per heavy atom. The van der Waals surface area contributed by atoms with Gasteiger partial charge in [-0.3, -0.25) is 9.59 Å². The zero-order valence-electron chi connectivity index (χ0n) is 12.7. The van der Waals surface area contributed by atoms with E-state index in [-0.39, 0.29) is 17.6 Å². The number of rotatable bonds is 6. The van der Waals surface area contributed by atoms with Gasteiger partial charge in [-0.1, -0.05) is 23.1 Å². The molecule has 1 aromatic heterocycles. The van der Waals surface area contributed by atoms with E-state index < -0.39 is 0 Å². The van der Waals surface area contributed by atoms with Crippen molar-refractivity contribution < 1.29 is 14.3 Å². The summed E-state index contributed by atoms with van der Waals surface area (Å²) in [4.78, 5) is 29.6. The molecule has 1 aliphatic heterocycles. The fourth-order valence-electron chi connectivity index (χ4n) is 2.26. The standard InChI is InChI=1S/C15H17N3O3S2/c1-2-21-10-3-4-11-12(9-10)23-14(16-11)17-13(19)5-6-18-7-8-22-15(18)20/h3-4,9H,2,5-8H2,1H3,(H,16,17,19). The maximum atomic E-state index is 12.0. The van der Waals surface area contributed by atoms with Crippen LogP contribution in [0.15, 0.2) is 18.2 Å². The largest absolute Gasteiger partial charge is 0.494 e. The predicted octanol–water partition coefficient (Wildman–Crippen LogP) is 3.19. The molecule has 1 fully saturated rings. The molecule has 0 radical (unpaired) electrons. The van der Waals surface area contributed by atoms with E-state index in [1.807, 2.05) is 25.1 Å². The lowest BCUT2D eigenvalue weighted by Gasteiger charge is -2.13. The van der Waals surface area contributed by atoms with Crippen LogP contribution < -0.4 is 10.1 Å². The van der Waals surface area contributed by atoms with Gasteiger partial charge >= 0.3 is 0 Å². The van der Waals surface area contributed by atoms with E-state index >= 15 is 0 Å². The summed E-state index contributed by atoms with van der Waals surface area (Å²) in [7, 11) is 0. The second-order valence-corrected chi connectivity index (χ2v) is 7.06. The summed E-state index contributed by atoms with van der Waals surface area (Å²) < 4.78 is 6.43. The van der Waals surface area contributed by atoms with Crippen LogP contribution in [0.2, 0.25) is 0 Å². The van der Waals surface area contributed by atoms with Gasteiger partial charge in [0.1, 0.15) is 5.75 Å². The molecular weight excluding hydrogens is 334 g/mol. The van der Waals surface area contributed by atoms with Crippen molar-refractivity contribution in [2.45, 2.75) is 13.3 Å². The zero-order chi connectivity index (χ0) is 16.2. The predicted molar refractivity (Wildman–Crippen MR) is 93.5 cm³/mol. The first-order valence-electron chi connectivity index (χ1n) is 7.40. The molecule has 0 bridgehead atoms. The summed E-state index contributed by atoms with van der Waals surface area (Å²) >= 11 is 2.72. The Morgan fingerprint density at radius 1 is 1.48 bits per heavy atom. The molecule has 3 rings (SSSR count). The van der Waals surface area contributed by atoms with Crippen molar-refractivity contribution in [1.82, 2.24) is 9.88 Å². The molecule has 0 saturated carbocycles. The Bertz CT molecular complexity index is 732. The monoisotopic (exact) mass is 351 g/mol. The molecular formula is C15H17N3O3S2. The quantitative estimate of drug-likeness (QED) is 0.865. The molecule has 6 nitrogen and oxygen atoms in total. The van der Waals surface area contributed by atoms with Crippen molar-refractivity contribution in [2.24, 2.45) is 0 Å². The third-order valence-corrected chi connectivity index (χ3v) is 5.20. The minimum absolute atomic E-state index is 0.0567. The van der Waals surface area contributed by atoms with Crippen LogP contribution >= 0.6 is 23.1 Å². The number of benzene rings is 1. The van der Waals surface area contributed by atoms with E-state index in [9.17, 15) is 9.59 Å². The molecule has 0 aliphatic carbocycles. The smallest absolute Gasteiger partial charge is 0.281 e. The number of fused-ring (bicyclic) bond motifs is 1. The fourth-order valence-corrected chi connectivity index (χ4v) is 4.02. The van der Waals surface area contributed by atoms with Gasteiger partial charge in [0, 0.05) is 25.3 Å². The molecule has 23 heavy (non-hydrogen) atoms. The first-order chi connectivity index (χ1) is 11.2. The molecule has 0 atom stereocenters. The van der Waals surface area contributed by atoms with Gasteiger partial charge in [-0.15, -0.1) is 0 Å². The number of carbonyl (C=O) groups is 2. The number of thiazole rings is 1. The number of nitrogens with one attached hydrogen (secondary N) is 1. The maximum Gasteiger partial charge on any atom is 0.281 e. The summed E-state index contributed by atoms with van der Waals surface area (Å²) in [6.45, 7) is 3.72. The van der Waals surface area contributed by atoms with E-state index in [2.05, 4.69) is 10.3 Å². The summed E-state index contributed by atoms with van der Waals surface area (Å²) in [5.74, 6) is 1.48. The molecule has 122 valence electrons. The normalized spacial score (nSPS) is 14.5.